The lowest BCUT2D eigenvalue weighted by molar-refractivity contribution is 1.14. The van der Waals surface area contributed by atoms with Crippen LogP contribution in [0.15, 0.2) is 45.1 Å². The van der Waals surface area contributed by atoms with E-state index in [0.717, 1.165) is 5.54 Å². The Morgan fingerprint density at radius 3 is 1.24 bits per heavy atom. The maximum atomic E-state index is 2.79. The molecule has 0 saturated heterocycles. The second-order valence-corrected chi connectivity index (χ2v) is 39.4. The third kappa shape index (κ3) is 5.28. The van der Waals surface area contributed by atoms with Crippen LogP contribution in [-0.2, 0) is 0 Å². The summed E-state index contributed by atoms with van der Waals surface area (Å²) in [4.78, 5) is 0. The minimum atomic E-state index is -1.57. The van der Waals surface area contributed by atoms with E-state index >= 15 is 0 Å². The second-order valence-electron chi connectivity index (χ2n) is 14.2. The Hall–Kier alpha value is 0.0444. The maximum absolute atomic E-state index is 2.79. The van der Waals surface area contributed by atoms with Crippen LogP contribution < -0.4 is 0 Å². The molecule has 0 radical (unpaired) electrons. The fourth-order valence-corrected chi connectivity index (χ4v) is 19.3. The molecule has 0 amide bonds. The minimum absolute atomic E-state index is 0.702. The van der Waals surface area contributed by atoms with Crippen LogP contribution in [0.1, 0.15) is 0 Å². The first-order chi connectivity index (χ1) is 12.7. The Labute approximate surface area is 187 Å². The number of hydrogen-bond donors (Lipinski definition) is 0. The molecule has 2 aliphatic carbocycles. The molecule has 5 heteroatoms. The smallest absolute Gasteiger partial charge is 0.0771 e. The van der Waals surface area contributed by atoms with E-state index in [1.165, 1.54) is 0 Å². The van der Waals surface area contributed by atoms with E-state index in [-0.39, 0.29) is 0 Å². The summed E-state index contributed by atoms with van der Waals surface area (Å²) < 4.78 is 0. The summed E-state index contributed by atoms with van der Waals surface area (Å²) in [5.41, 5.74) is 1.44. The van der Waals surface area contributed by atoms with Crippen molar-refractivity contribution in [3.05, 3.63) is 45.1 Å². The average Bonchev–Trinajstić information content (AvgIpc) is 3.10. The average molecular weight is 477 g/mol. The van der Waals surface area contributed by atoms with Crippen molar-refractivity contribution in [1.82, 2.24) is 0 Å². The molecule has 0 aromatic carbocycles. The van der Waals surface area contributed by atoms with Gasteiger partial charge < -0.3 is 0 Å². The molecule has 0 aliphatic heterocycles. The quantitative estimate of drug-likeness (QED) is 0.336. The first kappa shape index (κ1) is 25.3. The van der Waals surface area contributed by atoms with Crippen molar-refractivity contribution in [3.63, 3.8) is 0 Å². The van der Waals surface area contributed by atoms with Crippen molar-refractivity contribution in [2.24, 2.45) is 0 Å². The summed E-state index contributed by atoms with van der Waals surface area (Å²) in [6, 6.07) is 0. The van der Waals surface area contributed by atoms with Gasteiger partial charge in [-0.1, -0.05) is 137 Å². The fraction of sp³-hybridized carbons (Fsp3) is 0.667. The van der Waals surface area contributed by atoms with E-state index in [2.05, 4.69) is 116 Å². The van der Waals surface area contributed by atoms with Crippen LogP contribution in [-0.4, -0.2) is 40.4 Å². The molecular weight excluding hydrogens is 429 g/mol. The van der Waals surface area contributed by atoms with Gasteiger partial charge in [0, 0.05) is 0 Å². The van der Waals surface area contributed by atoms with Gasteiger partial charge in [-0.15, -0.1) is 0 Å². The lowest BCUT2D eigenvalue weighted by Crippen LogP contribution is -2.41. The summed E-state index contributed by atoms with van der Waals surface area (Å²) in [6.07, 6.45) is 11.0. The van der Waals surface area contributed by atoms with Crippen LogP contribution in [0.4, 0.5) is 0 Å². The Morgan fingerprint density at radius 2 is 0.931 bits per heavy atom. The van der Waals surface area contributed by atoms with Crippen LogP contribution in [0.25, 0.3) is 0 Å². The molecule has 2 aliphatic rings. The standard InChI is InChI=1S/C24H48Si5/c1-25(2,3)19-15-23(28(10,11)12)24(16-19)29(13,14)20-17-21(26(4,5)6)22(18-20)27(7,8)9/h15-18,20,24H,1-14H3. The van der Waals surface area contributed by atoms with Crippen LogP contribution in [0, 0.1) is 0 Å². The highest BCUT2D eigenvalue weighted by atomic mass is 28.3. The van der Waals surface area contributed by atoms with Gasteiger partial charge in [-0.25, -0.2) is 0 Å². The summed E-state index contributed by atoms with van der Waals surface area (Å²) in [6.45, 7) is 36.0. The Bertz CT molecular complexity index is 751. The molecule has 0 N–H and O–H groups in total. The molecule has 0 saturated carbocycles. The number of hydrogen-bond acceptors (Lipinski definition) is 0. The van der Waals surface area contributed by atoms with Crippen LogP contribution in [0.5, 0.6) is 0 Å². The van der Waals surface area contributed by atoms with E-state index in [9.17, 15) is 0 Å². The maximum Gasteiger partial charge on any atom is 0.0771 e. The molecule has 0 aromatic rings. The highest BCUT2D eigenvalue weighted by molar-refractivity contribution is 6.94. The second kappa shape index (κ2) is 7.57. The van der Waals surface area contributed by atoms with Crippen molar-refractivity contribution < 1.29 is 0 Å². The lowest BCUT2D eigenvalue weighted by atomic mass is 10.4. The van der Waals surface area contributed by atoms with E-state index in [1.54, 1.807) is 15.6 Å². The first-order valence-electron chi connectivity index (χ1n) is 11.6. The molecule has 0 spiro atoms. The van der Waals surface area contributed by atoms with Crippen LogP contribution in [0.3, 0.4) is 0 Å². The molecule has 29 heavy (non-hydrogen) atoms. The predicted molar refractivity (Wildman–Crippen MR) is 151 cm³/mol. The highest BCUT2D eigenvalue weighted by Gasteiger charge is 2.47. The van der Waals surface area contributed by atoms with Crippen LogP contribution >= 0.6 is 0 Å². The molecule has 0 bridgehead atoms. The number of rotatable bonds is 6. The van der Waals surface area contributed by atoms with Crippen molar-refractivity contribution in [1.29, 1.82) is 0 Å². The molecule has 164 valence electrons. The van der Waals surface area contributed by atoms with Gasteiger partial charge in [0.15, 0.2) is 0 Å². The Kier molecular flexibility index (Phi) is 6.61. The first-order valence-corrected chi connectivity index (χ1v) is 28.7. The van der Waals surface area contributed by atoms with Gasteiger partial charge in [0.2, 0.25) is 0 Å². The van der Waals surface area contributed by atoms with Gasteiger partial charge in [-0.2, -0.15) is 0 Å². The van der Waals surface area contributed by atoms with Crippen molar-refractivity contribution >= 4 is 40.4 Å². The molecule has 1 atom stereocenters. The van der Waals surface area contributed by atoms with E-state index in [0.29, 0.717) is 5.54 Å². The van der Waals surface area contributed by atoms with Gasteiger partial charge in [-0.3, -0.25) is 0 Å². The van der Waals surface area contributed by atoms with Gasteiger partial charge in [0.05, 0.1) is 40.4 Å². The van der Waals surface area contributed by atoms with Crippen molar-refractivity contribution in [2.75, 3.05) is 0 Å². The lowest BCUT2D eigenvalue weighted by Gasteiger charge is -2.38. The van der Waals surface area contributed by atoms with E-state index < -0.39 is 40.4 Å². The molecule has 0 aromatic heterocycles. The van der Waals surface area contributed by atoms with Crippen LogP contribution in [0.2, 0.25) is 103 Å². The van der Waals surface area contributed by atoms with Gasteiger partial charge in [0.1, 0.15) is 0 Å². The molecule has 2 rings (SSSR count). The third-order valence-electron chi connectivity index (χ3n) is 6.98. The largest absolute Gasteiger partial charge is 0.0812 e. The normalized spacial score (nSPS) is 22.5. The minimum Gasteiger partial charge on any atom is -0.0812 e. The molecule has 0 fully saturated rings. The zero-order valence-electron chi connectivity index (χ0n) is 22.0. The summed E-state index contributed by atoms with van der Waals surface area (Å²) in [5, 5.41) is 7.17. The van der Waals surface area contributed by atoms with Gasteiger partial charge in [-0.05, 0) is 11.1 Å². The van der Waals surface area contributed by atoms with Gasteiger partial charge in [0.25, 0.3) is 0 Å². The number of allylic oxidation sites excluding steroid dienone is 8. The Morgan fingerprint density at radius 1 is 0.517 bits per heavy atom. The molecular formula is C24H48Si5. The molecule has 0 nitrogen and oxygen atoms in total. The summed E-state index contributed by atoms with van der Waals surface area (Å²) in [5.74, 6) is 0. The summed E-state index contributed by atoms with van der Waals surface area (Å²) in [7, 11) is -6.82. The zero-order valence-corrected chi connectivity index (χ0v) is 27.0. The van der Waals surface area contributed by atoms with Gasteiger partial charge >= 0.3 is 0 Å². The predicted octanol–water partition coefficient (Wildman–Crippen LogP) is 8.68. The topological polar surface area (TPSA) is 0 Å². The van der Waals surface area contributed by atoms with E-state index in [1.807, 2.05) is 5.20 Å². The Balaban J connectivity index is 2.59. The molecule has 1 unspecified atom stereocenters. The van der Waals surface area contributed by atoms with Crippen molar-refractivity contribution in [2.45, 2.75) is 103 Å². The summed E-state index contributed by atoms with van der Waals surface area (Å²) >= 11 is 0. The molecule has 0 heterocycles. The SMILES string of the molecule is C[Si](C)(C)C1=CC([Si](C)(C)C2C=C([Si](C)(C)C)C([Si](C)(C)C)=C2)C([Si](C)(C)C)=C1. The fourth-order valence-electron chi connectivity index (χ4n) is 4.87. The highest BCUT2D eigenvalue weighted by Crippen LogP contribution is 2.52. The monoisotopic (exact) mass is 476 g/mol. The third-order valence-corrected chi connectivity index (χ3v) is 20.0. The van der Waals surface area contributed by atoms with Crippen molar-refractivity contribution in [3.8, 4) is 0 Å². The van der Waals surface area contributed by atoms with E-state index in [4.69, 9.17) is 0 Å². The zero-order chi connectivity index (χ0) is 22.8.